The summed E-state index contributed by atoms with van der Waals surface area (Å²) in [6.07, 6.45) is 24.1. The van der Waals surface area contributed by atoms with Gasteiger partial charge in [-0.05, 0) is 24.8 Å². The maximum atomic E-state index is 12.8. The molecule has 1 nitrogen and oxygen atoms in total. The Labute approximate surface area is 188 Å². The average Bonchev–Trinajstić information content (AvgIpc) is 2.77. The maximum Gasteiger partial charge on any atom is 0.136 e. The molecule has 1 aromatic carbocycles. The predicted octanol–water partition coefficient (Wildman–Crippen LogP) is 9.48. The Hall–Kier alpha value is -1.11. The van der Waals surface area contributed by atoms with Gasteiger partial charge in [0.15, 0.2) is 0 Å². The molecule has 0 saturated heterocycles. The number of hydrogen-bond acceptors (Lipinski definition) is 1. The minimum absolute atomic E-state index is 0.233. The Morgan fingerprint density at radius 1 is 0.633 bits per heavy atom. The van der Waals surface area contributed by atoms with Crippen LogP contribution in [0.1, 0.15) is 135 Å². The van der Waals surface area contributed by atoms with Gasteiger partial charge >= 0.3 is 0 Å². The van der Waals surface area contributed by atoms with Crippen molar-refractivity contribution in [3.8, 4) is 0 Å². The normalized spacial score (nSPS) is 12.2. The van der Waals surface area contributed by atoms with E-state index in [1.165, 1.54) is 102 Å². The molecule has 0 spiro atoms. The maximum absolute atomic E-state index is 12.8. The topological polar surface area (TPSA) is 17.1 Å². The zero-order valence-corrected chi connectivity index (χ0v) is 20.3. The van der Waals surface area contributed by atoms with Crippen LogP contribution in [-0.2, 0) is 11.2 Å². The number of benzene rings is 1. The number of carbonyl (C=O) groups excluding carboxylic acids is 1. The van der Waals surface area contributed by atoms with Gasteiger partial charge in [0.05, 0.1) is 0 Å². The van der Waals surface area contributed by atoms with Crippen molar-refractivity contribution < 1.29 is 4.79 Å². The first-order chi connectivity index (χ1) is 14.8. The summed E-state index contributed by atoms with van der Waals surface area (Å²) >= 11 is 0. The molecular weight excluding hydrogens is 364 g/mol. The van der Waals surface area contributed by atoms with Crippen molar-refractivity contribution in [2.45, 2.75) is 136 Å². The van der Waals surface area contributed by atoms with Crippen LogP contribution in [0.15, 0.2) is 30.3 Å². The summed E-state index contributed by atoms with van der Waals surface area (Å²) in [6.45, 7) is 4.51. The Balaban J connectivity index is 2.18. The average molecular weight is 415 g/mol. The van der Waals surface area contributed by atoms with Crippen molar-refractivity contribution in [2.24, 2.45) is 5.92 Å². The second-order valence-electron chi connectivity index (χ2n) is 9.34. The second kappa shape index (κ2) is 19.8. The fraction of sp³-hybridized carbons (Fsp3) is 0.759. The van der Waals surface area contributed by atoms with Gasteiger partial charge in [-0.3, -0.25) is 4.79 Å². The molecule has 1 rings (SSSR count). The zero-order chi connectivity index (χ0) is 21.7. The number of ketones is 1. The summed E-state index contributed by atoms with van der Waals surface area (Å²) in [7, 11) is 0. The van der Waals surface area contributed by atoms with Crippen molar-refractivity contribution in [3.63, 3.8) is 0 Å². The molecule has 1 aromatic rings. The Kier molecular flexibility index (Phi) is 17.8. The first-order valence-electron chi connectivity index (χ1n) is 13.3. The molecule has 1 atom stereocenters. The highest BCUT2D eigenvalue weighted by Crippen LogP contribution is 2.21. The SMILES string of the molecule is CCCCCCCCCCCCCCC(Cc1ccccc1)C(=O)CCCCCC. The molecule has 1 heteroatoms. The van der Waals surface area contributed by atoms with E-state index in [-0.39, 0.29) is 5.92 Å². The Morgan fingerprint density at radius 3 is 1.63 bits per heavy atom. The van der Waals surface area contributed by atoms with Crippen molar-refractivity contribution >= 4 is 5.78 Å². The number of hydrogen-bond donors (Lipinski definition) is 0. The van der Waals surface area contributed by atoms with Gasteiger partial charge in [0, 0.05) is 12.3 Å². The molecule has 0 N–H and O–H groups in total. The van der Waals surface area contributed by atoms with E-state index in [1.54, 1.807) is 0 Å². The van der Waals surface area contributed by atoms with E-state index >= 15 is 0 Å². The smallest absolute Gasteiger partial charge is 0.136 e. The third-order valence-corrected chi connectivity index (χ3v) is 6.46. The van der Waals surface area contributed by atoms with Crippen LogP contribution in [0.3, 0.4) is 0 Å². The molecule has 172 valence electrons. The molecule has 0 aliphatic rings. The van der Waals surface area contributed by atoms with Gasteiger partial charge in [-0.15, -0.1) is 0 Å². The largest absolute Gasteiger partial charge is 0.299 e. The third-order valence-electron chi connectivity index (χ3n) is 6.46. The van der Waals surface area contributed by atoms with Gasteiger partial charge in [-0.25, -0.2) is 0 Å². The molecule has 0 bridgehead atoms. The van der Waals surface area contributed by atoms with E-state index in [4.69, 9.17) is 0 Å². The summed E-state index contributed by atoms with van der Waals surface area (Å²) in [5.74, 6) is 0.746. The Bertz CT molecular complexity index is 492. The van der Waals surface area contributed by atoms with Gasteiger partial charge in [-0.1, -0.05) is 140 Å². The fourth-order valence-corrected chi connectivity index (χ4v) is 4.44. The van der Waals surface area contributed by atoms with Gasteiger partial charge in [-0.2, -0.15) is 0 Å². The number of carbonyl (C=O) groups is 1. The van der Waals surface area contributed by atoms with Gasteiger partial charge in [0.25, 0.3) is 0 Å². The molecule has 0 heterocycles. The summed E-state index contributed by atoms with van der Waals surface area (Å²) in [6, 6.07) is 10.6. The second-order valence-corrected chi connectivity index (χ2v) is 9.34. The van der Waals surface area contributed by atoms with Crippen molar-refractivity contribution in [3.05, 3.63) is 35.9 Å². The highest BCUT2D eigenvalue weighted by atomic mass is 16.1. The number of unbranched alkanes of at least 4 members (excludes halogenated alkanes) is 14. The molecular formula is C29H50O. The summed E-state index contributed by atoms with van der Waals surface area (Å²) in [4.78, 5) is 12.8. The highest BCUT2D eigenvalue weighted by molar-refractivity contribution is 5.81. The molecule has 0 saturated carbocycles. The molecule has 0 amide bonds. The summed E-state index contributed by atoms with van der Waals surface area (Å²) < 4.78 is 0. The van der Waals surface area contributed by atoms with E-state index in [9.17, 15) is 4.79 Å². The molecule has 0 aliphatic carbocycles. The first-order valence-corrected chi connectivity index (χ1v) is 13.3. The lowest BCUT2D eigenvalue weighted by Crippen LogP contribution is -2.17. The molecule has 0 aromatic heterocycles. The number of Topliss-reactive ketones (excluding diaryl/α,β-unsaturated/α-hetero) is 1. The van der Waals surface area contributed by atoms with Gasteiger partial charge in [0.1, 0.15) is 5.78 Å². The lowest BCUT2D eigenvalue weighted by molar-refractivity contribution is -0.123. The first kappa shape index (κ1) is 26.9. The Morgan fingerprint density at radius 2 is 1.10 bits per heavy atom. The van der Waals surface area contributed by atoms with E-state index in [2.05, 4.69) is 44.2 Å². The van der Waals surface area contributed by atoms with Crippen molar-refractivity contribution in [1.29, 1.82) is 0 Å². The lowest BCUT2D eigenvalue weighted by atomic mass is 9.87. The van der Waals surface area contributed by atoms with Gasteiger partial charge < -0.3 is 0 Å². The predicted molar refractivity (Wildman–Crippen MR) is 133 cm³/mol. The van der Waals surface area contributed by atoms with E-state index < -0.39 is 0 Å². The van der Waals surface area contributed by atoms with Crippen LogP contribution < -0.4 is 0 Å². The molecule has 30 heavy (non-hydrogen) atoms. The minimum Gasteiger partial charge on any atom is -0.299 e. The molecule has 0 aliphatic heterocycles. The van der Waals surface area contributed by atoms with Crippen LogP contribution in [0, 0.1) is 5.92 Å². The van der Waals surface area contributed by atoms with Crippen LogP contribution >= 0.6 is 0 Å². The minimum atomic E-state index is 0.233. The van der Waals surface area contributed by atoms with E-state index in [1.807, 2.05) is 0 Å². The van der Waals surface area contributed by atoms with E-state index in [0.29, 0.717) is 5.78 Å². The van der Waals surface area contributed by atoms with Crippen LogP contribution in [0.2, 0.25) is 0 Å². The van der Waals surface area contributed by atoms with Gasteiger partial charge in [0.2, 0.25) is 0 Å². The molecule has 0 radical (unpaired) electrons. The highest BCUT2D eigenvalue weighted by Gasteiger charge is 2.18. The molecule has 0 fully saturated rings. The van der Waals surface area contributed by atoms with E-state index in [0.717, 1.165) is 25.7 Å². The monoisotopic (exact) mass is 414 g/mol. The van der Waals surface area contributed by atoms with Crippen molar-refractivity contribution in [2.75, 3.05) is 0 Å². The van der Waals surface area contributed by atoms with Crippen LogP contribution in [-0.4, -0.2) is 5.78 Å². The molecule has 1 unspecified atom stereocenters. The van der Waals surface area contributed by atoms with Crippen molar-refractivity contribution in [1.82, 2.24) is 0 Å². The van der Waals surface area contributed by atoms with Crippen LogP contribution in [0.4, 0.5) is 0 Å². The third kappa shape index (κ3) is 14.8. The summed E-state index contributed by atoms with van der Waals surface area (Å²) in [5, 5.41) is 0. The lowest BCUT2D eigenvalue weighted by Gasteiger charge is -2.16. The zero-order valence-electron chi connectivity index (χ0n) is 20.3. The quantitative estimate of drug-likeness (QED) is 0.183. The van der Waals surface area contributed by atoms with Crippen LogP contribution in [0.25, 0.3) is 0 Å². The summed E-state index contributed by atoms with van der Waals surface area (Å²) in [5.41, 5.74) is 1.32. The fourth-order valence-electron chi connectivity index (χ4n) is 4.44. The standard InChI is InChI=1S/C29H50O/c1-3-5-7-9-10-11-12-13-14-15-16-20-24-28(26-27-22-18-17-19-23-27)29(30)25-21-8-6-4-2/h17-19,22-23,28H,3-16,20-21,24-26H2,1-2H3. The van der Waals surface area contributed by atoms with Crippen LogP contribution in [0.5, 0.6) is 0 Å². The number of rotatable bonds is 21.